The zero-order chi connectivity index (χ0) is 11.7. The molecule has 1 aliphatic heterocycles. The van der Waals surface area contributed by atoms with Gasteiger partial charge in [-0.15, -0.1) is 0 Å². The van der Waals surface area contributed by atoms with Gasteiger partial charge in [-0.3, -0.25) is 10.3 Å². The second-order valence-corrected chi connectivity index (χ2v) is 3.98. The number of para-hydroxylation sites is 1. The Bertz CT molecular complexity index is 622. The van der Waals surface area contributed by atoms with Crippen LogP contribution < -0.4 is 5.06 Å². The van der Waals surface area contributed by atoms with Crippen molar-refractivity contribution in [1.82, 2.24) is 0 Å². The number of hydrogen-bond acceptors (Lipinski definition) is 2. The molecule has 0 bridgehead atoms. The highest BCUT2D eigenvalue weighted by Gasteiger charge is 2.11. The summed E-state index contributed by atoms with van der Waals surface area (Å²) in [5, 5.41) is 11.3. The van der Waals surface area contributed by atoms with E-state index in [2.05, 4.69) is 11.8 Å². The first-order chi connectivity index (χ1) is 8.34. The molecule has 0 saturated carbocycles. The van der Waals surface area contributed by atoms with Crippen molar-refractivity contribution >= 4 is 5.69 Å². The summed E-state index contributed by atoms with van der Waals surface area (Å²) in [5.74, 6) is 6.25. The molecule has 0 aliphatic carbocycles. The fourth-order valence-corrected chi connectivity index (χ4v) is 1.97. The minimum absolute atomic E-state index is 0.460. The lowest BCUT2D eigenvalue weighted by Gasteiger charge is -2.20. The molecule has 2 nitrogen and oxygen atoms in total. The molecule has 1 N–H and O–H groups in total. The normalized spacial score (nSPS) is 12.6. The van der Waals surface area contributed by atoms with E-state index in [1.165, 1.54) is 5.06 Å². The number of rotatable bonds is 0. The van der Waals surface area contributed by atoms with Crippen molar-refractivity contribution < 1.29 is 5.21 Å². The summed E-state index contributed by atoms with van der Waals surface area (Å²) in [4.78, 5) is 0. The van der Waals surface area contributed by atoms with Crippen LogP contribution in [0.4, 0.5) is 5.69 Å². The maximum atomic E-state index is 10.1. The molecule has 2 heteroatoms. The molecule has 0 unspecified atom stereocenters. The van der Waals surface area contributed by atoms with E-state index >= 15 is 0 Å². The predicted molar refractivity (Wildman–Crippen MR) is 66.8 cm³/mol. The van der Waals surface area contributed by atoms with Gasteiger partial charge in [0.25, 0.3) is 0 Å². The lowest BCUT2D eigenvalue weighted by Crippen LogP contribution is -2.19. The topological polar surface area (TPSA) is 23.5 Å². The minimum atomic E-state index is 0.460. The van der Waals surface area contributed by atoms with Crippen LogP contribution in [-0.2, 0) is 6.54 Å². The van der Waals surface area contributed by atoms with Crippen molar-refractivity contribution in [2.24, 2.45) is 0 Å². The first-order valence-electron chi connectivity index (χ1n) is 5.50. The SMILES string of the molecule is ON1Cc2ccccc2C#Cc2ccccc21. The van der Waals surface area contributed by atoms with Crippen LogP contribution in [0, 0.1) is 11.8 Å². The molecule has 17 heavy (non-hydrogen) atoms. The number of hydroxylamine groups is 1. The lowest BCUT2D eigenvalue weighted by atomic mass is 10.0. The van der Waals surface area contributed by atoms with Crippen LogP contribution in [-0.4, -0.2) is 5.21 Å². The molecule has 82 valence electrons. The molecule has 0 atom stereocenters. The molecule has 1 aliphatic rings. The van der Waals surface area contributed by atoms with Crippen molar-refractivity contribution in [3.63, 3.8) is 0 Å². The van der Waals surface area contributed by atoms with Gasteiger partial charge in [-0.05, 0) is 23.8 Å². The van der Waals surface area contributed by atoms with Crippen molar-refractivity contribution in [2.45, 2.75) is 6.54 Å². The van der Waals surface area contributed by atoms with E-state index < -0.39 is 0 Å². The molecule has 3 rings (SSSR count). The lowest BCUT2D eigenvalue weighted by molar-refractivity contribution is 0.249. The highest BCUT2D eigenvalue weighted by Crippen LogP contribution is 2.23. The van der Waals surface area contributed by atoms with E-state index in [-0.39, 0.29) is 0 Å². The van der Waals surface area contributed by atoms with Gasteiger partial charge in [0, 0.05) is 5.56 Å². The molecule has 0 radical (unpaired) electrons. The van der Waals surface area contributed by atoms with Gasteiger partial charge < -0.3 is 0 Å². The molecule has 0 aromatic heterocycles. The largest absolute Gasteiger partial charge is 0.288 e. The summed E-state index contributed by atoms with van der Waals surface area (Å²) in [5.41, 5.74) is 3.62. The first-order valence-corrected chi connectivity index (χ1v) is 5.50. The molecule has 1 heterocycles. The number of anilines is 1. The zero-order valence-corrected chi connectivity index (χ0v) is 9.22. The molecule has 0 saturated heterocycles. The van der Waals surface area contributed by atoms with E-state index in [0.717, 1.165) is 22.4 Å². The van der Waals surface area contributed by atoms with Crippen LogP contribution in [0.3, 0.4) is 0 Å². The summed E-state index contributed by atoms with van der Waals surface area (Å²) in [6, 6.07) is 15.5. The molecule has 0 spiro atoms. The Morgan fingerprint density at radius 2 is 1.53 bits per heavy atom. The van der Waals surface area contributed by atoms with Crippen LogP contribution in [0.25, 0.3) is 0 Å². The number of fused-ring (bicyclic) bond motifs is 2. The van der Waals surface area contributed by atoms with Gasteiger partial charge in [0.1, 0.15) is 0 Å². The van der Waals surface area contributed by atoms with Crippen LogP contribution in [0.2, 0.25) is 0 Å². The average molecular weight is 221 g/mol. The highest BCUT2D eigenvalue weighted by atomic mass is 16.5. The standard InChI is InChI=1S/C15H11NO/c17-16-11-14-7-2-1-5-12(14)9-10-13-6-3-4-8-15(13)16/h1-8,17H,11H2. The van der Waals surface area contributed by atoms with E-state index in [0.29, 0.717) is 6.54 Å². The highest BCUT2D eigenvalue weighted by molar-refractivity contribution is 5.62. The Hall–Kier alpha value is -2.24. The maximum Gasteiger partial charge on any atom is 0.0794 e. The van der Waals surface area contributed by atoms with Gasteiger partial charge in [0.05, 0.1) is 17.8 Å². The van der Waals surface area contributed by atoms with Gasteiger partial charge >= 0.3 is 0 Å². The maximum absolute atomic E-state index is 10.1. The Labute approximate surface area is 100 Å². The Morgan fingerprint density at radius 1 is 0.882 bits per heavy atom. The quantitative estimate of drug-likeness (QED) is 0.691. The fraction of sp³-hybridized carbons (Fsp3) is 0.0667. The molecular weight excluding hydrogens is 210 g/mol. The van der Waals surface area contributed by atoms with E-state index in [1.807, 2.05) is 48.5 Å². The summed E-state index contributed by atoms with van der Waals surface area (Å²) >= 11 is 0. The Balaban J connectivity index is 2.20. The van der Waals surface area contributed by atoms with Gasteiger partial charge in [-0.1, -0.05) is 42.2 Å². The van der Waals surface area contributed by atoms with Crippen LogP contribution in [0.5, 0.6) is 0 Å². The van der Waals surface area contributed by atoms with Crippen molar-refractivity contribution in [3.05, 3.63) is 65.2 Å². The fourth-order valence-electron chi connectivity index (χ4n) is 1.97. The number of nitrogens with zero attached hydrogens (tertiary/aromatic N) is 1. The molecular formula is C15H11NO. The Kier molecular flexibility index (Phi) is 2.32. The van der Waals surface area contributed by atoms with Crippen molar-refractivity contribution in [1.29, 1.82) is 0 Å². The monoisotopic (exact) mass is 221 g/mol. The first kappa shape index (κ1) is 9.95. The Morgan fingerprint density at radius 3 is 2.41 bits per heavy atom. The molecule has 2 aromatic carbocycles. The number of hydrogen-bond donors (Lipinski definition) is 1. The van der Waals surface area contributed by atoms with E-state index in [1.54, 1.807) is 0 Å². The minimum Gasteiger partial charge on any atom is -0.288 e. The molecule has 2 aromatic rings. The van der Waals surface area contributed by atoms with Crippen molar-refractivity contribution in [2.75, 3.05) is 5.06 Å². The smallest absolute Gasteiger partial charge is 0.0794 e. The zero-order valence-electron chi connectivity index (χ0n) is 9.22. The van der Waals surface area contributed by atoms with Crippen LogP contribution in [0.1, 0.15) is 16.7 Å². The van der Waals surface area contributed by atoms with E-state index in [4.69, 9.17) is 0 Å². The van der Waals surface area contributed by atoms with Gasteiger partial charge in [-0.2, -0.15) is 0 Å². The van der Waals surface area contributed by atoms with Crippen LogP contribution in [0.15, 0.2) is 48.5 Å². The second-order valence-electron chi connectivity index (χ2n) is 3.98. The summed E-state index contributed by atoms with van der Waals surface area (Å²) in [6.07, 6.45) is 0. The second kappa shape index (κ2) is 3.97. The van der Waals surface area contributed by atoms with E-state index in [9.17, 15) is 5.21 Å². The third-order valence-corrected chi connectivity index (χ3v) is 2.85. The van der Waals surface area contributed by atoms with Crippen LogP contribution >= 0.6 is 0 Å². The third-order valence-electron chi connectivity index (χ3n) is 2.85. The summed E-state index contributed by atoms with van der Waals surface area (Å²) in [7, 11) is 0. The van der Waals surface area contributed by atoms with Gasteiger partial charge in [0.2, 0.25) is 0 Å². The summed E-state index contributed by atoms with van der Waals surface area (Å²) in [6.45, 7) is 0.460. The average Bonchev–Trinajstić information content (AvgIpc) is 2.36. The number of benzene rings is 2. The third kappa shape index (κ3) is 1.77. The van der Waals surface area contributed by atoms with Crippen molar-refractivity contribution in [3.8, 4) is 11.8 Å². The molecule has 0 amide bonds. The molecule has 0 fully saturated rings. The van der Waals surface area contributed by atoms with Gasteiger partial charge in [0.15, 0.2) is 0 Å². The van der Waals surface area contributed by atoms with Gasteiger partial charge in [-0.25, -0.2) is 0 Å². The summed E-state index contributed by atoms with van der Waals surface area (Å²) < 4.78 is 0. The predicted octanol–water partition coefficient (Wildman–Crippen LogP) is 2.80.